The van der Waals surface area contributed by atoms with Crippen molar-refractivity contribution in [2.45, 2.75) is 39.0 Å². The average molecular weight is 366 g/mol. The number of hydrogen-bond donors (Lipinski definition) is 2. The molecule has 0 radical (unpaired) electrons. The lowest BCUT2D eigenvalue weighted by atomic mass is 9.92. The zero-order chi connectivity index (χ0) is 18.6. The van der Waals surface area contributed by atoms with Crippen LogP contribution in [0.3, 0.4) is 0 Å². The summed E-state index contributed by atoms with van der Waals surface area (Å²) in [5.41, 5.74) is 1.67. The van der Waals surface area contributed by atoms with Crippen LogP contribution in [0.4, 0.5) is 17.6 Å². The molecule has 4 rings (SSSR count). The number of anilines is 3. The summed E-state index contributed by atoms with van der Waals surface area (Å²) in [6.45, 7) is 4.65. The first-order valence-electron chi connectivity index (χ1n) is 9.81. The molecule has 0 spiro atoms. The summed E-state index contributed by atoms with van der Waals surface area (Å²) in [6, 6.07) is 7.82. The van der Waals surface area contributed by atoms with Gasteiger partial charge in [-0.15, -0.1) is 0 Å². The van der Waals surface area contributed by atoms with E-state index in [1.165, 1.54) is 25.7 Å². The molecule has 3 heterocycles. The second kappa shape index (κ2) is 7.90. The quantitative estimate of drug-likeness (QED) is 0.745. The van der Waals surface area contributed by atoms with Crippen LogP contribution in [0.1, 0.15) is 48.3 Å². The lowest BCUT2D eigenvalue weighted by Gasteiger charge is -2.35. The van der Waals surface area contributed by atoms with E-state index in [0.717, 1.165) is 31.7 Å². The van der Waals surface area contributed by atoms with Crippen molar-refractivity contribution in [1.82, 2.24) is 15.0 Å². The van der Waals surface area contributed by atoms with Gasteiger partial charge in [-0.05, 0) is 50.7 Å². The Morgan fingerprint density at radius 1 is 1.04 bits per heavy atom. The van der Waals surface area contributed by atoms with Gasteiger partial charge in [0.05, 0.1) is 5.56 Å². The monoisotopic (exact) mass is 366 g/mol. The van der Waals surface area contributed by atoms with E-state index < -0.39 is 0 Å². The van der Waals surface area contributed by atoms with Gasteiger partial charge in [-0.3, -0.25) is 10.1 Å². The van der Waals surface area contributed by atoms with Crippen molar-refractivity contribution >= 4 is 23.5 Å². The largest absolute Gasteiger partial charge is 0.371 e. The SMILES string of the molecule is Cc1nc2nc(n1)NC(=O)c1ccccc1N1CCCC(CCCCN2)C1. The van der Waals surface area contributed by atoms with Gasteiger partial charge < -0.3 is 10.2 Å². The number of amides is 1. The normalized spacial score (nSPS) is 20.6. The molecular weight excluding hydrogens is 340 g/mol. The molecule has 4 bridgehead atoms. The van der Waals surface area contributed by atoms with Crippen LogP contribution >= 0.6 is 0 Å². The molecule has 1 atom stereocenters. The fourth-order valence-corrected chi connectivity index (χ4v) is 4.00. The lowest BCUT2D eigenvalue weighted by Crippen LogP contribution is -2.36. The van der Waals surface area contributed by atoms with Gasteiger partial charge in [0, 0.05) is 25.3 Å². The number of carbonyl (C=O) groups is 1. The minimum absolute atomic E-state index is 0.181. The van der Waals surface area contributed by atoms with Crippen LogP contribution in [-0.2, 0) is 0 Å². The molecule has 1 aromatic heterocycles. The van der Waals surface area contributed by atoms with E-state index >= 15 is 0 Å². The number of para-hydroxylation sites is 1. The molecule has 1 saturated heterocycles. The smallest absolute Gasteiger partial charge is 0.260 e. The summed E-state index contributed by atoms with van der Waals surface area (Å²) in [6.07, 6.45) is 5.92. The topological polar surface area (TPSA) is 83.0 Å². The van der Waals surface area contributed by atoms with Crippen LogP contribution in [0.25, 0.3) is 0 Å². The average Bonchev–Trinajstić information content (AvgIpc) is 2.67. The number of benzene rings is 1. The Morgan fingerprint density at radius 2 is 1.85 bits per heavy atom. The third-order valence-corrected chi connectivity index (χ3v) is 5.30. The van der Waals surface area contributed by atoms with Crippen LogP contribution < -0.4 is 15.5 Å². The Labute approximate surface area is 159 Å². The Kier molecular flexibility index (Phi) is 5.18. The first kappa shape index (κ1) is 17.7. The molecule has 7 nitrogen and oxygen atoms in total. The molecule has 1 amide bonds. The standard InChI is InChI=1S/C20H26N6O/c1-14-22-19-21-11-5-4-7-15-8-6-12-26(13-15)17-10-3-2-9-16(17)18(27)24-20(23-14)25-19/h2-3,9-10,15H,4-8,11-13H2,1H3,(H2,21,22,23,24,25,27). The van der Waals surface area contributed by atoms with Crippen LogP contribution in [0.5, 0.6) is 0 Å². The maximum absolute atomic E-state index is 13.0. The molecule has 2 aliphatic rings. The molecular formula is C20H26N6O. The number of nitrogens with zero attached hydrogens (tertiary/aromatic N) is 4. The second-order valence-electron chi connectivity index (χ2n) is 7.38. The van der Waals surface area contributed by atoms with Gasteiger partial charge in [-0.1, -0.05) is 18.6 Å². The molecule has 2 N–H and O–H groups in total. The van der Waals surface area contributed by atoms with Gasteiger partial charge >= 0.3 is 0 Å². The van der Waals surface area contributed by atoms with Gasteiger partial charge in [-0.25, -0.2) is 0 Å². The minimum Gasteiger partial charge on any atom is -0.371 e. The zero-order valence-corrected chi connectivity index (χ0v) is 15.7. The van der Waals surface area contributed by atoms with Crippen molar-refractivity contribution in [1.29, 1.82) is 0 Å². The number of aromatic nitrogens is 3. The molecule has 0 saturated carbocycles. The Morgan fingerprint density at radius 3 is 2.78 bits per heavy atom. The van der Waals surface area contributed by atoms with Crippen molar-refractivity contribution in [2.24, 2.45) is 5.92 Å². The van der Waals surface area contributed by atoms with Gasteiger partial charge in [0.2, 0.25) is 11.9 Å². The van der Waals surface area contributed by atoms with E-state index in [0.29, 0.717) is 23.3 Å². The maximum Gasteiger partial charge on any atom is 0.260 e. The van der Waals surface area contributed by atoms with Crippen LogP contribution in [0, 0.1) is 12.8 Å². The highest BCUT2D eigenvalue weighted by Crippen LogP contribution is 2.29. The number of fused-ring (bicyclic) bond motifs is 6. The molecule has 27 heavy (non-hydrogen) atoms. The molecule has 1 aromatic carbocycles. The van der Waals surface area contributed by atoms with Crippen molar-refractivity contribution in [3.05, 3.63) is 35.7 Å². The molecule has 1 fully saturated rings. The van der Waals surface area contributed by atoms with E-state index in [2.05, 4.69) is 30.5 Å². The summed E-state index contributed by atoms with van der Waals surface area (Å²) in [5.74, 6) is 1.89. The number of carbonyl (C=O) groups excluding carboxylic acids is 1. The van der Waals surface area contributed by atoms with Gasteiger partial charge in [0.1, 0.15) is 5.82 Å². The predicted molar refractivity (Wildman–Crippen MR) is 106 cm³/mol. The summed E-state index contributed by atoms with van der Waals surface area (Å²) in [5, 5.41) is 6.11. The first-order chi connectivity index (χ1) is 13.2. The van der Waals surface area contributed by atoms with Crippen molar-refractivity contribution in [3.63, 3.8) is 0 Å². The fourth-order valence-electron chi connectivity index (χ4n) is 4.00. The van der Waals surface area contributed by atoms with Gasteiger partial charge in [-0.2, -0.15) is 15.0 Å². The van der Waals surface area contributed by atoms with Crippen molar-refractivity contribution in [3.8, 4) is 0 Å². The van der Waals surface area contributed by atoms with E-state index in [-0.39, 0.29) is 11.9 Å². The Balaban J connectivity index is 1.68. The van der Waals surface area contributed by atoms with E-state index in [9.17, 15) is 4.79 Å². The van der Waals surface area contributed by atoms with E-state index in [1.54, 1.807) is 6.92 Å². The third kappa shape index (κ3) is 4.18. The van der Waals surface area contributed by atoms with E-state index in [1.807, 2.05) is 24.3 Å². The number of piperidine rings is 1. The number of aryl methyl sites for hydroxylation is 1. The predicted octanol–water partition coefficient (Wildman–Crippen LogP) is 3.24. The molecule has 7 heteroatoms. The Hall–Kier alpha value is -2.70. The highest BCUT2D eigenvalue weighted by atomic mass is 16.1. The highest BCUT2D eigenvalue weighted by Gasteiger charge is 2.24. The van der Waals surface area contributed by atoms with Crippen molar-refractivity contribution < 1.29 is 4.79 Å². The zero-order valence-electron chi connectivity index (χ0n) is 15.7. The number of nitrogens with one attached hydrogen (secondary N) is 2. The third-order valence-electron chi connectivity index (χ3n) is 5.30. The number of rotatable bonds is 0. The summed E-state index contributed by atoms with van der Waals surface area (Å²) < 4.78 is 0. The number of hydrogen-bond acceptors (Lipinski definition) is 6. The molecule has 2 aliphatic heterocycles. The maximum atomic E-state index is 13.0. The van der Waals surface area contributed by atoms with E-state index in [4.69, 9.17) is 0 Å². The van der Waals surface area contributed by atoms with Crippen LogP contribution in [-0.4, -0.2) is 40.5 Å². The molecule has 0 aliphatic carbocycles. The van der Waals surface area contributed by atoms with Crippen molar-refractivity contribution in [2.75, 3.05) is 35.2 Å². The summed E-state index contributed by atoms with van der Waals surface area (Å²) >= 11 is 0. The summed E-state index contributed by atoms with van der Waals surface area (Å²) in [4.78, 5) is 28.3. The Bertz CT molecular complexity index is 824. The van der Waals surface area contributed by atoms with Crippen LogP contribution in [0.2, 0.25) is 0 Å². The second-order valence-corrected chi connectivity index (χ2v) is 7.38. The molecule has 1 unspecified atom stereocenters. The minimum atomic E-state index is -0.181. The lowest BCUT2D eigenvalue weighted by molar-refractivity contribution is 0.102. The molecule has 2 aromatic rings. The van der Waals surface area contributed by atoms with Crippen LogP contribution in [0.15, 0.2) is 24.3 Å². The summed E-state index contributed by atoms with van der Waals surface area (Å²) in [7, 11) is 0. The van der Waals surface area contributed by atoms with Gasteiger partial charge in [0.15, 0.2) is 0 Å². The fraction of sp³-hybridized carbons (Fsp3) is 0.500. The highest BCUT2D eigenvalue weighted by molar-refractivity contribution is 6.07. The first-order valence-corrected chi connectivity index (χ1v) is 9.81. The molecule has 142 valence electrons. The van der Waals surface area contributed by atoms with Gasteiger partial charge in [0.25, 0.3) is 5.91 Å².